The third kappa shape index (κ3) is 2.80. The number of nitrogens with zero attached hydrogens (tertiary/aromatic N) is 2. The molecule has 1 atom stereocenters. The van der Waals surface area contributed by atoms with Crippen molar-refractivity contribution in [2.24, 2.45) is 0 Å². The highest BCUT2D eigenvalue weighted by Gasteiger charge is 2.27. The molecule has 1 aromatic heterocycles. The molecule has 0 bridgehead atoms. The molecular formula is C18H21ClN2O. The summed E-state index contributed by atoms with van der Waals surface area (Å²) >= 11 is 6.02. The summed E-state index contributed by atoms with van der Waals surface area (Å²) in [5.41, 5.74) is 1.72. The lowest BCUT2D eigenvalue weighted by Gasteiger charge is -2.36. The second-order valence-electron chi connectivity index (χ2n) is 6.40. The van der Waals surface area contributed by atoms with E-state index in [1.807, 2.05) is 18.2 Å². The van der Waals surface area contributed by atoms with Gasteiger partial charge in [-0.1, -0.05) is 23.8 Å². The van der Waals surface area contributed by atoms with E-state index >= 15 is 0 Å². The molecule has 0 radical (unpaired) electrons. The lowest BCUT2D eigenvalue weighted by molar-refractivity contribution is 0.159. The van der Waals surface area contributed by atoms with Gasteiger partial charge >= 0.3 is 0 Å². The maximum atomic E-state index is 6.02. The van der Waals surface area contributed by atoms with Gasteiger partial charge in [0.1, 0.15) is 5.52 Å². The second kappa shape index (κ2) is 6.05. The molecule has 4 rings (SSSR count). The van der Waals surface area contributed by atoms with Crippen LogP contribution < -0.4 is 0 Å². The topological polar surface area (TPSA) is 29.3 Å². The smallest absolute Gasteiger partial charge is 0.198 e. The Morgan fingerprint density at radius 3 is 2.82 bits per heavy atom. The largest absolute Gasteiger partial charge is 0.440 e. The van der Waals surface area contributed by atoms with Crippen LogP contribution in [0.2, 0.25) is 5.02 Å². The molecular weight excluding hydrogens is 296 g/mol. The summed E-state index contributed by atoms with van der Waals surface area (Å²) in [4.78, 5) is 7.27. The molecule has 4 heteroatoms. The zero-order chi connectivity index (χ0) is 14.9. The highest BCUT2D eigenvalue weighted by molar-refractivity contribution is 6.31. The van der Waals surface area contributed by atoms with Crippen LogP contribution in [0.3, 0.4) is 0 Å². The summed E-state index contributed by atoms with van der Waals surface area (Å²) in [5, 5.41) is 0.714. The molecule has 2 aromatic rings. The first-order valence-electron chi connectivity index (χ1n) is 8.26. The zero-order valence-corrected chi connectivity index (χ0v) is 13.4. The highest BCUT2D eigenvalue weighted by atomic mass is 35.5. The number of hydrogen-bond donors (Lipinski definition) is 0. The van der Waals surface area contributed by atoms with Gasteiger partial charge < -0.3 is 4.42 Å². The van der Waals surface area contributed by atoms with Gasteiger partial charge in [-0.25, -0.2) is 4.98 Å². The maximum Gasteiger partial charge on any atom is 0.198 e. The SMILES string of the molecule is Clc1ccc2oc(C3CCN(C4C=CCCC4)CC3)nc2c1. The monoisotopic (exact) mass is 316 g/mol. The molecule has 0 N–H and O–H groups in total. The Balaban J connectivity index is 1.45. The summed E-state index contributed by atoms with van der Waals surface area (Å²) in [6.07, 6.45) is 10.9. The molecule has 22 heavy (non-hydrogen) atoms. The van der Waals surface area contributed by atoms with E-state index in [-0.39, 0.29) is 0 Å². The lowest BCUT2D eigenvalue weighted by Crippen LogP contribution is -2.40. The van der Waals surface area contributed by atoms with Crippen molar-refractivity contribution in [1.29, 1.82) is 0 Å². The molecule has 1 unspecified atom stereocenters. The van der Waals surface area contributed by atoms with Crippen LogP contribution in [-0.2, 0) is 0 Å². The molecule has 1 saturated heterocycles. The van der Waals surface area contributed by atoms with Crippen molar-refractivity contribution >= 4 is 22.7 Å². The van der Waals surface area contributed by atoms with E-state index in [0.717, 1.165) is 42.9 Å². The minimum atomic E-state index is 0.440. The van der Waals surface area contributed by atoms with E-state index in [1.54, 1.807) is 0 Å². The van der Waals surface area contributed by atoms with Crippen molar-refractivity contribution in [2.75, 3.05) is 13.1 Å². The summed E-state index contributed by atoms with van der Waals surface area (Å²) in [6, 6.07) is 6.30. The van der Waals surface area contributed by atoms with Gasteiger partial charge in [-0.15, -0.1) is 0 Å². The van der Waals surface area contributed by atoms with Crippen molar-refractivity contribution < 1.29 is 4.42 Å². The number of rotatable bonds is 2. The fourth-order valence-electron chi connectivity index (χ4n) is 3.67. The number of allylic oxidation sites excluding steroid dienone is 1. The Morgan fingerprint density at radius 1 is 1.18 bits per heavy atom. The first kappa shape index (κ1) is 14.3. The van der Waals surface area contributed by atoms with Crippen LogP contribution in [0.15, 0.2) is 34.8 Å². The lowest BCUT2D eigenvalue weighted by atomic mass is 9.93. The molecule has 1 fully saturated rings. The fourth-order valence-corrected chi connectivity index (χ4v) is 3.84. The number of aromatic nitrogens is 1. The Hall–Kier alpha value is -1.32. The van der Waals surface area contributed by atoms with Gasteiger partial charge in [-0.2, -0.15) is 0 Å². The third-order valence-corrected chi connectivity index (χ3v) is 5.18. The molecule has 0 saturated carbocycles. The first-order chi connectivity index (χ1) is 10.8. The van der Waals surface area contributed by atoms with E-state index in [0.29, 0.717) is 17.0 Å². The van der Waals surface area contributed by atoms with Gasteiger partial charge in [0.15, 0.2) is 11.5 Å². The summed E-state index contributed by atoms with van der Waals surface area (Å²) in [7, 11) is 0. The minimum Gasteiger partial charge on any atom is -0.440 e. The van der Waals surface area contributed by atoms with E-state index < -0.39 is 0 Å². The molecule has 3 nitrogen and oxygen atoms in total. The van der Waals surface area contributed by atoms with Crippen molar-refractivity contribution in [1.82, 2.24) is 9.88 Å². The standard InChI is InChI=1S/C18H21ClN2O/c19-14-6-7-17-16(12-14)20-18(22-17)13-8-10-21(11-9-13)15-4-2-1-3-5-15/h2,4,6-7,12-13,15H,1,3,5,8-11H2. The summed E-state index contributed by atoms with van der Waals surface area (Å²) in [6.45, 7) is 2.28. The van der Waals surface area contributed by atoms with E-state index in [2.05, 4.69) is 22.0 Å². The second-order valence-corrected chi connectivity index (χ2v) is 6.84. The van der Waals surface area contributed by atoms with Gasteiger partial charge in [0.2, 0.25) is 0 Å². The zero-order valence-electron chi connectivity index (χ0n) is 12.7. The van der Waals surface area contributed by atoms with Gasteiger partial charge in [0, 0.05) is 17.0 Å². The number of hydrogen-bond acceptors (Lipinski definition) is 3. The average molecular weight is 317 g/mol. The fraction of sp³-hybridized carbons (Fsp3) is 0.500. The number of fused-ring (bicyclic) bond motifs is 1. The normalized spacial score (nSPS) is 24.1. The maximum absolute atomic E-state index is 6.02. The summed E-state index contributed by atoms with van der Waals surface area (Å²) < 4.78 is 5.94. The average Bonchev–Trinajstić information content (AvgIpc) is 2.99. The number of piperidine rings is 1. The molecule has 2 heterocycles. The quantitative estimate of drug-likeness (QED) is 0.747. The Bertz CT molecular complexity index is 685. The number of halogens is 1. The predicted octanol–water partition coefficient (Wildman–Crippen LogP) is 4.77. The summed E-state index contributed by atoms with van der Waals surface area (Å²) in [5.74, 6) is 1.33. The van der Waals surface area contributed by atoms with Crippen LogP contribution in [0, 0.1) is 0 Å². The van der Waals surface area contributed by atoms with Gasteiger partial charge in [0.25, 0.3) is 0 Å². The Labute approximate surface area is 136 Å². The number of likely N-dealkylation sites (tertiary alicyclic amines) is 1. The number of oxazole rings is 1. The molecule has 1 aromatic carbocycles. The minimum absolute atomic E-state index is 0.440. The van der Waals surface area contributed by atoms with Crippen LogP contribution in [0.1, 0.15) is 43.9 Å². The predicted molar refractivity (Wildman–Crippen MR) is 89.3 cm³/mol. The van der Waals surface area contributed by atoms with E-state index in [9.17, 15) is 0 Å². The van der Waals surface area contributed by atoms with Gasteiger partial charge in [-0.05, 0) is 63.4 Å². The molecule has 116 valence electrons. The van der Waals surface area contributed by atoms with Gasteiger partial charge in [-0.3, -0.25) is 4.90 Å². The van der Waals surface area contributed by atoms with Crippen LogP contribution in [0.25, 0.3) is 11.1 Å². The highest BCUT2D eigenvalue weighted by Crippen LogP contribution is 2.32. The first-order valence-corrected chi connectivity index (χ1v) is 8.64. The van der Waals surface area contributed by atoms with Crippen molar-refractivity contribution in [3.8, 4) is 0 Å². The van der Waals surface area contributed by atoms with Crippen molar-refractivity contribution in [3.05, 3.63) is 41.3 Å². The molecule has 1 aliphatic carbocycles. The molecule has 0 amide bonds. The van der Waals surface area contributed by atoms with Crippen LogP contribution in [0.5, 0.6) is 0 Å². The van der Waals surface area contributed by atoms with Crippen molar-refractivity contribution in [2.45, 2.75) is 44.1 Å². The molecule has 0 spiro atoms. The Kier molecular flexibility index (Phi) is 3.93. The third-order valence-electron chi connectivity index (χ3n) is 4.94. The van der Waals surface area contributed by atoms with E-state index in [1.165, 1.54) is 19.3 Å². The van der Waals surface area contributed by atoms with Crippen LogP contribution in [0.4, 0.5) is 0 Å². The molecule has 2 aliphatic rings. The van der Waals surface area contributed by atoms with E-state index in [4.69, 9.17) is 16.0 Å². The van der Waals surface area contributed by atoms with Crippen LogP contribution >= 0.6 is 11.6 Å². The van der Waals surface area contributed by atoms with Crippen molar-refractivity contribution in [3.63, 3.8) is 0 Å². The van der Waals surface area contributed by atoms with Crippen LogP contribution in [-0.4, -0.2) is 29.0 Å². The van der Waals surface area contributed by atoms with Gasteiger partial charge in [0.05, 0.1) is 0 Å². The Morgan fingerprint density at radius 2 is 2.05 bits per heavy atom. The number of benzene rings is 1. The molecule has 1 aliphatic heterocycles.